The van der Waals surface area contributed by atoms with E-state index in [1.807, 2.05) is 6.92 Å². The maximum absolute atomic E-state index is 11.6. The van der Waals surface area contributed by atoms with Crippen LogP contribution < -0.4 is 10.1 Å². The smallest absolute Gasteiger partial charge is 0.224 e. The number of ether oxygens (including phenoxy) is 1. The molecular formula is C13H19NO4S. The molecule has 0 aliphatic rings. The highest BCUT2D eigenvalue weighted by Crippen LogP contribution is 2.15. The van der Waals surface area contributed by atoms with Crippen molar-refractivity contribution in [2.45, 2.75) is 19.8 Å². The summed E-state index contributed by atoms with van der Waals surface area (Å²) in [5.74, 6) is 0.592. The van der Waals surface area contributed by atoms with E-state index in [0.717, 1.165) is 12.0 Å². The minimum absolute atomic E-state index is 0.0314. The second kappa shape index (κ2) is 7.13. The number of carbonyl (C=O) groups excluding carboxylic acids is 1. The molecule has 1 amide bonds. The van der Waals surface area contributed by atoms with Gasteiger partial charge in [0.1, 0.15) is 15.6 Å². The SMILES string of the molecule is CCOc1ccc(NC(=O)CCCS(C)(=O)=O)cc1. The summed E-state index contributed by atoms with van der Waals surface area (Å²) in [5, 5.41) is 2.71. The Balaban J connectivity index is 2.39. The standard InChI is InChI=1S/C13H19NO4S/c1-3-18-12-8-6-11(7-9-12)14-13(15)5-4-10-19(2,16)17/h6-9H,3-5,10H2,1-2H3,(H,14,15). The largest absolute Gasteiger partial charge is 0.494 e. The molecule has 1 aromatic rings. The lowest BCUT2D eigenvalue weighted by Crippen LogP contribution is -2.13. The maximum Gasteiger partial charge on any atom is 0.224 e. The molecule has 6 heteroatoms. The molecule has 0 aliphatic heterocycles. The van der Waals surface area contributed by atoms with Crippen molar-refractivity contribution in [2.24, 2.45) is 0 Å². The van der Waals surface area contributed by atoms with Gasteiger partial charge in [-0.15, -0.1) is 0 Å². The molecule has 5 nitrogen and oxygen atoms in total. The number of nitrogens with one attached hydrogen (secondary N) is 1. The van der Waals surface area contributed by atoms with Crippen LogP contribution in [-0.4, -0.2) is 32.9 Å². The summed E-state index contributed by atoms with van der Waals surface area (Å²) in [6, 6.07) is 7.05. The fourth-order valence-electron chi connectivity index (χ4n) is 1.52. The Morgan fingerprint density at radius 1 is 1.26 bits per heavy atom. The minimum Gasteiger partial charge on any atom is -0.494 e. The molecule has 1 aromatic carbocycles. The van der Waals surface area contributed by atoms with Crippen LogP contribution >= 0.6 is 0 Å². The second-order valence-corrected chi connectivity index (χ2v) is 6.50. The van der Waals surface area contributed by atoms with Gasteiger partial charge in [-0.05, 0) is 37.6 Å². The van der Waals surface area contributed by atoms with Crippen molar-refractivity contribution in [3.05, 3.63) is 24.3 Å². The summed E-state index contributed by atoms with van der Waals surface area (Å²) in [5.41, 5.74) is 0.674. The van der Waals surface area contributed by atoms with E-state index in [0.29, 0.717) is 18.7 Å². The number of hydrogen-bond donors (Lipinski definition) is 1. The highest BCUT2D eigenvalue weighted by molar-refractivity contribution is 7.90. The second-order valence-electron chi connectivity index (χ2n) is 4.24. The molecule has 1 N–H and O–H groups in total. The first-order valence-corrected chi connectivity index (χ1v) is 8.17. The summed E-state index contributed by atoms with van der Waals surface area (Å²) in [7, 11) is -3.00. The number of sulfone groups is 1. The Kier molecular flexibility index (Phi) is 5.82. The van der Waals surface area contributed by atoms with Gasteiger partial charge in [-0.25, -0.2) is 8.42 Å². The van der Waals surface area contributed by atoms with Gasteiger partial charge in [0.2, 0.25) is 5.91 Å². The lowest BCUT2D eigenvalue weighted by atomic mass is 10.2. The van der Waals surface area contributed by atoms with Crippen LogP contribution in [0.15, 0.2) is 24.3 Å². The molecule has 19 heavy (non-hydrogen) atoms. The molecule has 0 aliphatic carbocycles. The van der Waals surface area contributed by atoms with Gasteiger partial charge in [0, 0.05) is 18.4 Å². The zero-order valence-corrected chi connectivity index (χ0v) is 12.0. The third-order valence-corrected chi connectivity index (χ3v) is 3.40. The normalized spacial score (nSPS) is 11.1. The van der Waals surface area contributed by atoms with E-state index in [-0.39, 0.29) is 18.1 Å². The van der Waals surface area contributed by atoms with E-state index in [1.54, 1.807) is 24.3 Å². The van der Waals surface area contributed by atoms with Crippen LogP contribution in [-0.2, 0) is 14.6 Å². The molecule has 0 bridgehead atoms. The number of hydrogen-bond acceptors (Lipinski definition) is 4. The van der Waals surface area contributed by atoms with Crippen molar-refractivity contribution in [1.29, 1.82) is 0 Å². The van der Waals surface area contributed by atoms with Gasteiger partial charge < -0.3 is 10.1 Å². The van der Waals surface area contributed by atoms with Crippen LogP contribution in [0, 0.1) is 0 Å². The molecular weight excluding hydrogens is 266 g/mol. The van der Waals surface area contributed by atoms with Crippen molar-refractivity contribution < 1.29 is 17.9 Å². The molecule has 1 rings (SSSR count). The third-order valence-electron chi connectivity index (χ3n) is 2.37. The minimum atomic E-state index is -3.00. The number of benzene rings is 1. The van der Waals surface area contributed by atoms with Gasteiger partial charge in [-0.3, -0.25) is 4.79 Å². The van der Waals surface area contributed by atoms with Gasteiger partial charge in [-0.2, -0.15) is 0 Å². The molecule has 0 aromatic heterocycles. The summed E-state index contributed by atoms with van der Waals surface area (Å²) < 4.78 is 27.1. The van der Waals surface area contributed by atoms with Gasteiger partial charge in [-0.1, -0.05) is 0 Å². The molecule has 106 valence electrons. The van der Waals surface area contributed by atoms with Crippen molar-refractivity contribution in [3.8, 4) is 5.75 Å². The Morgan fingerprint density at radius 3 is 2.42 bits per heavy atom. The number of anilines is 1. The molecule has 0 spiro atoms. The van der Waals surface area contributed by atoms with Crippen LogP contribution in [0.2, 0.25) is 0 Å². The zero-order chi connectivity index (χ0) is 14.3. The maximum atomic E-state index is 11.6. The number of rotatable bonds is 7. The molecule has 0 radical (unpaired) electrons. The first kappa shape index (κ1) is 15.5. The lowest BCUT2D eigenvalue weighted by Gasteiger charge is -2.07. The summed E-state index contributed by atoms with van der Waals surface area (Å²) in [4.78, 5) is 11.6. The monoisotopic (exact) mass is 285 g/mol. The van der Waals surface area contributed by atoms with E-state index < -0.39 is 9.84 Å². The topological polar surface area (TPSA) is 72.5 Å². The molecule has 0 heterocycles. The van der Waals surface area contributed by atoms with E-state index in [4.69, 9.17) is 4.74 Å². The molecule has 0 fully saturated rings. The molecule has 0 saturated carbocycles. The first-order valence-electron chi connectivity index (χ1n) is 6.11. The average molecular weight is 285 g/mol. The van der Waals surface area contributed by atoms with Gasteiger partial charge >= 0.3 is 0 Å². The Bertz CT molecular complexity index is 508. The average Bonchev–Trinajstić information content (AvgIpc) is 2.30. The van der Waals surface area contributed by atoms with E-state index in [9.17, 15) is 13.2 Å². The van der Waals surface area contributed by atoms with E-state index in [1.165, 1.54) is 0 Å². The molecule has 0 saturated heterocycles. The van der Waals surface area contributed by atoms with E-state index in [2.05, 4.69) is 5.32 Å². The highest BCUT2D eigenvalue weighted by atomic mass is 32.2. The quantitative estimate of drug-likeness (QED) is 0.830. The predicted molar refractivity (Wildman–Crippen MR) is 75.2 cm³/mol. The fourth-order valence-corrected chi connectivity index (χ4v) is 2.19. The summed E-state index contributed by atoms with van der Waals surface area (Å²) in [6.45, 7) is 2.49. The van der Waals surface area contributed by atoms with Crippen molar-refractivity contribution in [3.63, 3.8) is 0 Å². The lowest BCUT2D eigenvalue weighted by molar-refractivity contribution is -0.116. The van der Waals surface area contributed by atoms with Crippen LogP contribution in [0.3, 0.4) is 0 Å². The highest BCUT2D eigenvalue weighted by Gasteiger charge is 2.06. The van der Waals surface area contributed by atoms with Crippen LogP contribution in [0.5, 0.6) is 5.75 Å². The summed E-state index contributed by atoms with van der Waals surface area (Å²) >= 11 is 0. The summed E-state index contributed by atoms with van der Waals surface area (Å²) in [6.07, 6.45) is 1.69. The Morgan fingerprint density at radius 2 is 1.89 bits per heavy atom. The Labute approximate surface area is 113 Å². The third kappa shape index (κ3) is 6.81. The van der Waals surface area contributed by atoms with Crippen molar-refractivity contribution in [1.82, 2.24) is 0 Å². The van der Waals surface area contributed by atoms with Crippen LogP contribution in [0.25, 0.3) is 0 Å². The van der Waals surface area contributed by atoms with Gasteiger partial charge in [0.05, 0.1) is 12.4 Å². The zero-order valence-electron chi connectivity index (χ0n) is 11.2. The molecule has 0 unspecified atom stereocenters. The first-order chi connectivity index (χ1) is 8.90. The van der Waals surface area contributed by atoms with Crippen LogP contribution in [0.1, 0.15) is 19.8 Å². The van der Waals surface area contributed by atoms with Crippen molar-refractivity contribution in [2.75, 3.05) is 23.9 Å². The van der Waals surface area contributed by atoms with Gasteiger partial charge in [0.15, 0.2) is 0 Å². The molecule has 0 atom stereocenters. The number of amides is 1. The predicted octanol–water partition coefficient (Wildman–Crippen LogP) is 1.85. The Hall–Kier alpha value is -1.56. The number of carbonyl (C=O) groups is 1. The van der Waals surface area contributed by atoms with Crippen LogP contribution in [0.4, 0.5) is 5.69 Å². The van der Waals surface area contributed by atoms with Gasteiger partial charge in [0.25, 0.3) is 0 Å². The van der Waals surface area contributed by atoms with E-state index >= 15 is 0 Å². The van der Waals surface area contributed by atoms with Crippen molar-refractivity contribution >= 4 is 21.4 Å². The fraction of sp³-hybridized carbons (Fsp3) is 0.462.